The summed E-state index contributed by atoms with van der Waals surface area (Å²) in [5.41, 5.74) is 3.47. The number of nitrogens with zero attached hydrogens (tertiary/aromatic N) is 1. The van der Waals surface area contributed by atoms with Crippen LogP contribution in [0, 0.1) is 0 Å². The van der Waals surface area contributed by atoms with Gasteiger partial charge in [-0.3, -0.25) is 0 Å². The van der Waals surface area contributed by atoms with Gasteiger partial charge in [0.25, 0.3) is 0 Å². The highest BCUT2D eigenvalue weighted by Crippen LogP contribution is 1.67. The van der Waals surface area contributed by atoms with Crippen LogP contribution in [0.5, 0.6) is 0 Å². The van der Waals surface area contributed by atoms with E-state index in [0.717, 1.165) is 0 Å². The van der Waals surface area contributed by atoms with Crippen LogP contribution in [-0.4, -0.2) is 5.34 Å². The Kier molecular flexibility index (Phi) is 4.64. The molecular weight excluding hydrogens is 116 g/mol. The van der Waals surface area contributed by atoms with Gasteiger partial charge in [0.05, 0.1) is 0 Å². The topological polar surface area (TPSA) is 124 Å². The number of hydrogen-bond acceptors (Lipinski definition) is 8. The maximum absolute atomic E-state index is 4.80. The Balaban J connectivity index is 2.92. The maximum atomic E-state index is 4.80. The van der Waals surface area contributed by atoms with Crippen LogP contribution < -0.4 is 28.7 Å². The second-order valence-electron chi connectivity index (χ2n) is 0.704. The molecule has 8 heteroatoms. The fourth-order valence-corrected chi connectivity index (χ4v) is 0.123. The predicted octanol–water partition coefficient (Wildman–Crippen LogP) is -3.22. The fourth-order valence-electron chi connectivity index (χ4n) is 0.123. The Morgan fingerprint density at radius 2 is 1.50 bits per heavy atom. The predicted molar refractivity (Wildman–Crippen MR) is 22.8 cm³/mol. The van der Waals surface area contributed by atoms with Crippen LogP contribution in [0.1, 0.15) is 0 Å². The summed E-state index contributed by atoms with van der Waals surface area (Å²) < 4.78 is 0. The van der Waals surface area contributed by atoms with Crippen molar-refractivity contribution in [3.05, 3.63) is 0 Å². The van der Waals surface area contributed by atoms with Crippen LogP contribution in [0.2, 0.25) is 0 Å². The van der Waals surface area contributed by atoms with Gasteiger partial charge in [0, 0.05) is 5.34 Å². The summed E-state index contributed by atoms with van der Waals surface area (Å²) in [5.74, 6) is 14.0. The van der Waals surface area contributed by atoms with Crippen molar-refractivity contribution in [1.82, 2.24) is 16.5 Å². The van der Waals surface area contributed by atoms with Crippen molar-refractivity contribution in [1.29, 1.82) is 0 Å². The molecule has 0 aromatic heterocycles. The third kappa shape index (κ3) is 3.86. The molecule has 0 radical (unpaired) electrons. The van der Waals surface area contributed by atoms with Crippen molar-refractivity contribution >= 4 is 0 Å². The second kappa shape index (κ2) is 4.83. The minimum atomic E-state index is 0.389. The average molecular weight is 124 g/mol. The van der Waals surface area contributed by atoms with E-state index in [9.17, 15) is 0 Å². The number of nitrogens with two attached hydrogens (primary N) is 3. The highest BCUT2D eigenvalue weighted by molar-refractivity contribution is 3.77. The van der Waals surface area contributed by atoms with E-state index < -0.39 is 0 Å². The van der Waals surface area contributed by atoms with Gasteiger partial charge in [0.1, 0.15) is 0 Å². The van der Waals surface area contributed by atoms with Gasteiger partial charge in [-0.15, -0.1) is 11.2 Å². The fraction of sp³-hybridized carbons (Fsp3) is 0. The zero-order valence-electron chi connectivity index (χ0n) is 4.00. The molecule has 0 aromatic rings. The van der Waals surface area contributed by atoms with E-state index >= 15 is 0 Å². The first-order valence-electron chi connectivity index (χ1n) is 1.61. The molecule has 0 saturated heterocycles. The van der Waals surface area contributed by atoms with Gasteiger partial charge in [-0.1, -0.05) is 0 Å². The van der Waals surface area contributed by atoms with Gasteiger partial charge >= 0.3 is 0 Å². The molecule has 0 saturated carbocycles. The van der Waals surface area contributed by atoms with E-state index in [1.165, 1.54) is 0 Å². The van der Waals surface area contributed by atoms with Gasteiger partial charge < -0.3 is 0 Å². The molecule has 0 heterocycles. The standard InChI is InChI=1S/H8N6O2/c1-4-7-6(3)8-5-2/h4-5H,1-3H2. The molecule has 0 aliphatic carbocycles. The van der Waals surface area contributed by atoms with Gasteiger partial charge in [0.15, 0.2) is 0 Å². The molecule has 0 atom stereocenters. The maximum Gasteiger partial charge on any atom is 0.0466 e. The molecule has 0 aromatic carbocycles. The SMILES string of the molecule is NNON(N)ONN. The minimum absolute atomic E-state index is 0.389. The number of hydrazine groups is 3. The lowest BCUT2D eigenvalue weighted by Crippen LogP contribution is -2.44. The normalized spacial score (nSPS) is 10.5. The molecular formula is H8N6O2. The molecule has 8 nitrogen and oxygen atoms in total. The van der Waals surface area contributed by atoms with Crippen LogP contribution in [0.3, 0.4) is 0 Å². The zero-order chi connectivity index (χ0) is 6.41. The van der Waals surface area contributed by atoms with Gasteiger partial charge in [-0.05, 0) is 0 Å². The second-order valence-corrected chi connectivity index (χ2v) is 0.704. The highest BCUT2D eigenvalue weighted by atomic mass is 17.1. The Morgan fingerprint density at radius 1 is 1.12 bits per heavy atom. The van der Waals surface area contributed by atoms with Gasteiger partial charge in [-0.2, -0.15) is 9.88 Å². The first-order chi connectivity index (χ1) is 3.81. The van der Waals surface area contributed by atoms with Crippen molar-refractivity contribution in [2.75, 3.05) is 0 Å². The van der Waals surface area contributed by atoms with Crippen LogP contribution in [0.4, 0.5) is 0 Å². The van der Waals surface area contributed by atoms with E-state index in [2.05, 4.69) is 21.6 Å². The number of hydrogen-bond donors (Lipinski definition) is 5. The molecule has 0 rings (SSSR count). The van der Waals surface area contributed by atoms with E-state index in [1.54, 1.807) is 11.2 Å². The molecule has 0 fully saturated rings. The highest BCUT2D eigenvalue weighted by Gasteiger charge is 1.92. The summed E-state index contributed by atoms with van der Waals surface area (Å²) in [6.45, 7) is 0. The third-order valence-corrected chi connectivity index (χ3v) is 0.285. The van der Waals surface area contributed by atoms with E-state index in [0.29, 0.717) is 5.34 Å². The summed E-state index contributed by atoms with van der Waals surface area (Å²) >= 11 is 0. The van der Waals surface area contributed by atoms with E-state index in [-0.39, 0.29) is 0 Å². The molecule has 0 bridgehead atoms. The van der Waals surface area contributed by atoms with Crippen molar-refractivity contribution < 1.29 is 9.88 Å². The Labute approximate surface area is 45.2 Å². The molecule has 0 unspecified atom stereocenters. The summed E-state index contributed by atoms with van der Waals surface area (Å²) in [6, 6.07) is 0. The first-order valence-corrected chi connectivity index (χ1v) is 1.61. The van der Waals surface area contributed by atoms with Crippen molar-refractivity contribution in [3.63, 3.8) is 0 Å². The molecule has 8 N–H and O–H groups in total. The average Bonchev–Trinajstić information content (AvgIpc) is 1.68. The monoisotopic (exact) mass is 124 g/mol. The van der Waals surface area contributed by atoms with Crippen LogP contribution >= 0.6 is 0 Å². The van der Waals surface area contributed by atoms with Crippen molar-refractivity contribution in [3.8, 4) is 0 Å². The molecule has 0 aliphatic heterocycles. The summed E-state index contributed by atoms with van der Waals surface area (Å²) in [6.07, 6.45) is 0. The lowest BCUT2D eigenvalue weighted by molar-refractivity contribution is -0.422. The molecule has 8 heavy (non-hydrogen) atoms. The zero-order valence-corrected chi connectivity index (χ0v) is 4.00. The van der Waals surface area contributed by atoms with Gasteiger partial charge in [0.2, 0.25) is 0 Å². The lowest BCUT2D eigenvalue weighted by atomic mass is 12.5. The largest absolute Gasteiger partial charge is 0.246 e. The molecule has 50 valence electrons. The molecule has 0 aliphatic rings. The van der Waals surface area contributed by atoms with Crippen LogP contribution in [-0.2, 0) is 9.88 Å². The summed E-state index contributed by atoms with van der Waals surface area (Å²) in [5, 5.41) is 0.389. The quantitative estimate of drug-likeness (QED) is 0.196. The first kappa shape index (κ1) is 7.68. The molecule has 0 amide bonds. The van der Waals surface area contributed by atoms with E-state index in [1.807, 2.05) is 0 Å². The number of rotatable bonds is 4. The molecule has 0 spiro atoms. The van der Waals surface area contributed by atoms with Crippen molar-refractivity contribution in [2.45, 2.75) is 0 Å². The smallest absolute Gasteiger partial charge is 0.0466 e. The third-order valence-electron chi connectivity index (χ3n) is 0.285. The summed E-state index contributed by atoms with van der Waals surface area (Å²) in [7, 11) is 0. The number of nitrogens with one attached hydrogen (secondary N) is 2. The Bertz CT molecular complexity index is 39.8. The summed E-state index contributed by atoms with van der Waals surface area (Å²) in [4.78, 5) is 8.11. The Morgan fingerprint density at radius 3 is 1.75 bits per heavy atom. The lowest BCUT2D eigenvalue weighted by Gasteiger charge is -2.09. The Hall–Kier alpha value is -0.320. The van der Waals surface area contributed by atoms with Crippen molar-refractivity contribution in [2.24, 2.45) is 17.5 Å². The van der Waals surface area contributed by atoms with Gasteiger partial charge in [-0.25, -0.2) is 17.5 Å². The van der Waals surface area contributed by atoms with Crippen LogP contribution in [0.15, 0.2) is 0 Å². The van der Waals surface area contributed by atoms with E-state index in [4.69, 9.17) is 5.84 Å². The minimum Gasteiger partial charge on any atom is -0.246 e. The van der Waals surface area contributed by atoms with Crippen LogP contribution in [0.25, 0.3) is 0 Å².